The lowest BCUT2D eigenvalue weighted by atomic mass is 9.73. The Balaban J connectivity index is 1.10. The first-order valence-electron chi connectivity index (χ1n) is 13.6. The van der Waals surface area contributed by atoms with E-state index in [4.69, 9.17) is 27.1 Å². The van der Waals surface area contributed by atoms with Gasteiger partial charge >= 0.3 is 0 Å². The Bertz CT molecular complexity index is 1350. The Hall–Kier alpha value is -2.79. The molecule has 1 aliphatic carbocycles. The van der Waals surface area contributed by atoms with Gasteiger partial charge in [0, 0.05) is 80.9 Å². The third-order valence-corrected chi connectivity index (χ3v) is 10.4. The maximum Gasteiger partial charge on any atom is 0.207 e. The van der Waals surface area contributed by atoms with E-state index in [2.05, 4.69) is 55.1 Å². The molecular formula is C28H33ClN8OS. The average molecular weight is 565 g/mol. The van der Waals surface area contributed by atoms with Crippen molar-refractivity contribution in [2.24, 2.45) is 16.1 Å². The molecule has 5 aliphatic rings. The van der Waals surface area contributed by atoms with Crippen molar-refractivity contribution in [2.75, 3.05) is 51.3 Å². The van der Waals surface area contributed by atoms with Gasteiger partial charge in [0.1, 0.15) is 12.0 Å². The predicted molar refractivity (Wildman–Crippen MR) is 154 cm³/mol. The highest BCUT2D eigenvalue weighted by Gasteiger charge is 2.48. The average Bonchev–Trinajstić information content (AvgIpc) is 3.49. The molecule has 2 aromatic heterocycles. The number of fused-ring (bicyclic) bond motifs is 2. The molecule has 2 fully saturated rings. The molecule has 4 aliphatic heterocycles. The number of thioether (sulfide) groups is 1. The fraction of sp³-hybridized carbons (Fsp3) is 0.464. The van der Waals surface area contributed by atoms with Gasteiger partial charge in [0.25, 0.3) is 0 Å². The van der Waals surface area contributed by atoms with Crippen molar-refractivity contribution in [3.05, 3.63) is 70.4 Å². The predicted octanol–water partition coefficient (Wildman–Crippen LogP) is 3.65. The van der Waals surface area contributed by atoms with Crippen molar-refractivity contribution in [3.63, 3.8) is 0 Å². The van der Waals surface area contributed by atoms with Crippen molar-refractivity contribution in [1.29, 1.82) is 0 Å². The normalized spacial score (nSPS) is 25.6. The number of piperidine rings is 1. The SMILES string of the molecule is CN1C=CN2C(N3CCC4(CC3)Cc3ncccc3[C@H]4N)=NC=C(Sc3ccnc(N4CCOCC4)c3Cl)C12. The van der Waals surface area contributed by atoms with Crippen molar-refractivity contribution in [3.8, 4) is 0 Å². The van der Waals surface area contributed by atoms with E-state index in [1.54, 1.807) is 11.8 Å². The number of halogens is 1. The second kappa shape index (κ2) is 9.99. The van der Waals surface area contributed by atoms with Crippen LogP contribution in [0, 0.1) is 5.41 Å². The van der Waals surface area contributed by atoms with Gasteiger partial charge in [-0.1, -0.05) is 29.4 Å². The standard InChI is InChI=1S/C28H33ClN8OS/c1-34-11-12-37-26(34)22(39-21-4-8-32-25(23(21)29)35-13-15-38-16-14-35)18-33-27(37)36-9-5-28(6-10-36)17-20-19(24(28)30)3-2-7-31-20/h2-4,7-8,11-12,18,24,26H,5-6,9-10,13-17,30H2,1H3/t24-,26?/m1/s1. The van der Waals surface area contributed by atoms with Gasteiger partial charge in [-0.2, -0.15) is 0 Å². The molecule has 6 heterocycles. The lowest BCUT2D eigenvalue weighted by Gasteiger charge is -2.46. The lowest BCUT2D eigenvalue weighted by molar-refractivity contribution is 0.117. The van der Waals surface area contributed by atoms with Crippen LogP contribution in [0.1, 0.15) is 30.1 Å². The van der Waals surface area contributed by atoms with Crippen molar-refractivity contribution < 1.29 is 4.74 Å². The van der Waals surface area contributed by atoms with Gasteiger partial charge in [0.2, 0.25) is 5.96 Å². The first kappa shape index (κ1) is 25.2. The molecule has 1 unspecified atom stereocenters. The van der Waals surface area contributed by atoms with E-state index in [1.807, 2.05) is 30.7 Å². The summed E-state index contributed by atoms with van der Waals surface area (Å²) in [5, 5.41) is 0.685. The Kier molecular flexibility index (Phi) is 6.46. The number of nitrogens with zero attached hydrogens (tertiary/aromatic N) is 7. The van der Waals surface area contributed by atoms with E-state index in [-0.39, 0.29) is 17.6 Å². The molecule has 0 amide bonds. The third kappa shape index (κ3) is 4.28. The summed E-state index contributed by atoms with van der Waals surface area (Å²) in [7, 11) is 2.11. The fourth-order valence-electron chi connectivity index (χ4n) is 6.54. The zero-order valence-corrected chi connectivity index (χ0v) is 23.6. The molecule has 0 saturated carbocycles. The number of aromatic nitrogens is 2. The number of rotatable bonds is 3. The van der Waals surface area contributed by atoms with Crippen molar-refractivity contribution in [1.82, 2.24) is 24.7 Å². The zero-order chi connectivity index (χ0) is 26.6. The van der Waals surface area contributed by atoms with Gasteiger partial charge in [0.05, 0.1) is 23.1 Å². The number of ether oxygens (including phenoxy) is 1. The minimum absolute atomic E-state index is 0.0386. The molecule has 7 rings (SSSR count). The number of likely N-dealkylation sites (tertiary alicyclic amines) is 1. The molecule has 11 heteroatoms. The highest BCUT2D eigenvalue weighted by atomic mass is 35.5. The minimum atomic E-state index is 0.0386. The molecule has 2 saturated heterocycles. The number of guanidine groups is 1. The van der Waals surface area contributed by atoms with Crippen LogP contribution < -0.4 is 10.6 Å². The Labute approximate surface area is 238 Å². The van der Waals surface area contributed by atoms with Gasteiger partial charge in [-0.15, -0.1) is 0 Å². The number of hydrogen-bond acceptors (Lipinski definition) is 10. The summed E-state index contributed by atoms with van der Waals surface area (Å²) in [4.78, 5) is 25.5. The zero-order valence-electron chi connectivity index (χ0n) is 22.0. The number of aliphatic imine (C=N–C) groups is 1. The Morgan fingerprint density at radius 3 is 2.67 bits per heavy atom. The van der Waals surface area contributed by atoms with E-state index < -0.39 is 0 Å². The maximum absolute atomic E-state index is 6.90. The van der Waals surface area contributed by atoms with Crippen LogP contribution in [0.4, 0.5) is 5.82 Å². The summed E-state index contributed by atoms with van der Waals surface area (Å²) < 4.78 is 5.51. The van der Waals surface area contributed by atoms with Crippen LogP contribution in [0.25, 0.3) is 0 Å². The highest BCUT2D eigenvalue weighted by Crippen LogP contribution is 2.50. The summed E-state index contributed by atoms with van der Waals surface area (Å²) in [6.07, 6.45) is 13.1. The molecule has 0 bridgehead atoms. The monoisotopic (exact) mass is 564 g/mol. The second-order valence-corrected chi connectivity index (χ2v) is 12.4. The van der Waals surface area contributed by atoms with Crippen LogP contribution in [0.15, 0.2) is 64.0 Å². The van der Waals surface area contributed by atoms with Crippen LogP contribution in [0.3, 0.4) is 0 Å². The fourth-order valence-corrected chi connectivity index (χ4v) is 7.94. The molecule has 2 aromatic rings. The van der Waals surface area contributed by atoms with Gasteiger partial charge in [-0.25, -0.2) is 9.98 Å². The highest BCUT2D eigenvalue weighted by molar-refractivity contribution is 8.03. The number of likely N-dealkylation sites (N-methyl/N-ethyl adjacent to an activating group) is 1. The summed E-state index contributed by atoms with van der Waals surface area (Å²) in [5.74, 6) is 1.82. The van der Waals surface area contributed by atoms with Crippen LogP contribution >= 0.6 is 23.4 Å². The molecule has 2 atom stereocenters. The Morgan fingerprint density at radius 2 is 1.87 bits per heavy atom. The van der Waals surface area contributed by atoms with Crippen LogP contribution in [0.2, 0.25) is 5.02 Å². The molecule has 1 spiro atoms. The van der Waals surface area contributed by atoms with E-state index in [9.17, 15) is 0 Å². The van der Waals surface area contributed by atoms with Crippen molar-refractivity contribution >= 4 is 35.1 Å². The molecule has 0 aromatic carbocycles. The number of nitrogens with two attached hydrogens (primary N) is 1. The largest absolute Gasteiger partial charge is 0.378 e. The van der Waals surface area contributed by atoms with Crippen LogP contribution in [-0.4, -0.2) is 83.2 Å². The summed E-state index contributed by atoms with van der Waals surface area (Å²) in [6, 6.07) is 6.20. The first-order valence-corrected chi connectivity index (χ1v) is 14.8. The lowest BCUT2D eigenvalue weighted by Crippen LogP contribution is -2.54. The van der Waals surface area contributed by atoms with Gasteiger partial charge in [0.15, 0.2) is 0 Å². The number of pyridine rings is 2. The molecule has 204 valence electrons. The van der Waals surface area contributed by atoms with Crippen molar-refractivity contribution in [2.45, 2.75) is 36.4 Å². The van der Waals surface area contributed by atoms with E-state index >= 15 is 0 Å². The first-order chi connectivity index (χ1) is 19.0. The van der Waals surface area contributed by atoms with E-state index in [1.165, 1.54) is 11.3 Å². The molecule has 39 heavy (non-hydrogen) atoms. The number of anilines is 1. The second-order valence-electron chi connectivity index (χ2n) is 10.9. The molecule has 9 nitrogen and oxygen atoms in total. The smallest absolute Gasteiger partial charge is 0.207 e. The molecule has 0 radical (unpaired) electrons. The maximum atomic E-state index is 6.90. The summed E-state index contributed by atoms with van der Waals surface area (Å²) in [6.45, 7) is 4.83. The Morgan fingerprint density at radius 1 is 1.05 bits per heavy atom. The van der Waals surface area contributed by atoms with E-state index in [0.717, 1.165) is 67.0 Å². The topological polar surface area (TPSA) is 86.3 Å². The minimum Gasteiger partial charge on any atom is -0.378 e. The van der Waals surface area contributed by atoms with E-state index in [0.29, 0.717) is 18.2 Å². The number of morpholine rings is 1. The molecular weight excluding hydrogens is 532 g/mol. The summed E-state index contributed by atoms with van der Waals surface area (Å²) >= 11 is 8.57. The quantitative estimate of drug-likeness (QED) is 0.600. The van der Waals surface area contributed by atoms with Gasteiger partial charge < -0.3 is 25.2 Å². The summed E-state index contributed by atoms with van der Waals surface area (Å²) in [5.41, 5.74) is 9.28. The van der Waals surface area contributed by atoms with Crippen LogP contribution in [-0.2, 0) is 11.2 Å². The number of hydrogen-bond donors (Lipinski definition) is 1. The van der Waals surface area contributed by atoms with Crippen LogP contribution in [0.5, 0.6) is 0 Å². The van der Waals surface area contributed by atoms with Gasteiger partial charge in [-0.05, 0) is 42.4 Å². The molecule has 2 N–H and O–H groups in total. The van der Waals surface area contributed by atoms with Gasteiger partial charge in [-0.3, -0.25) is 9.88 Å². The third-order valence-electron chi connectivity index (χ3n) is 8.76.